The van der Waals surface area contributed by atoms with E-state index in [9.17, 15) is 14.4 Å². The zero-order chi connectivity index (χ0) is 27.5. The quantitative estimate of drug-likeness (QED) is 0.339. The average Bonchev–Trinajstić information content (AvgIpc) is 2.97. The summed E-state index contributed by atoms with van der Waals surface area (Å²) < 4.78 is 13.6. The van der Waals surface area contributed by atoms with Crippen LogP contribution in [0, 0.1) is 0 Å². The Morgan fingerprint density at radius 3 is 2.15 bits per heavy atom. The second-order valence-electron chi connectivity index (χ2n) is 9.66. The van der Waals surface area contributed by atoms with Crippen molar-refractivity contribution in [2.75, 3.05) is 27.3 Å². The van der Waals surface area contributed by atoms with Crippen LogP contribution in [0.15, 0.2) is 70.3 Å². The van der Waals surface area contributed by atoms with E-state index in [-0.39, 0.29) is 19.0 Å². The second kappa shape index (κ2) is 11.4. The first kappa shape index (κ1) is 26.6. The number of piperidine rings is 1. The second-order valence-corrected chi connectivity index (χ2v) is 10.1. The highest BCUT2D eigenvalue weighted by atomic mass is 35.5. The number of fused-ring (bicyclic) bond motifs is 1. The summed E-state index contributed by atoms with van der Waals surface area (Å²) in [5, 5.41) is 0.878. The fourth-order valence-electron chi connectivity index (χ4n) is 5.07. The van der Waals surface area contributed by atoms with Gasteiger partial charge in [0.15, 0.2) is 11.5 Å². The van der Waals surface area contributed by atoms with Crippen molar-refractivity contribution in [3.63, 3.8) is 0 Å². The van der Waals surface area contributed by atoms with Gasteiger partial charge in [0.2, 0.25) is 0 Å². The lowest BCUT2D eigenvalue weighted by Crippen LogP contribution is -2.40. The van der Waals surface area contributed by atoms with Crippen LogP contribution in [0.25, 0.3) is 10.9 Å². The van der Waals surface area contributed by atoms with E-state index in [1.165, 1.54) is 18.8 Å². The Morgan fingerprint density at radius 2 is 1.49 bits per heavy atom. The van der Waals surface area contributed by atoms with Gasteiger partial charge in [0.25, 0.3) is 11.5 Å². The zero-order valence-electron chi connectivity index (χ0n) is 22.0. The van der Waals surface area contributed by atoms with Crippen molar-refractivity contribution in [2.24, 2.45) is 0 Å². The summed E-state index contributed by atoms with van der Waals surface area (Å²) in [5.41, 5.74) is 1.67. The van der Waals surface area contributed by atoms with Crippen LogP contribution in [0.1, 0.15) is 40.7 Å². The number of aromatic nitrogens is 2. The van der Waals surface area contributed by atoms with Gasteiger partial charge in [-0.15, -0.1) is 0 Å². The highest BCUT2D eigenvalue weighted by Gasteiger charge is 2.20. The van der Waals surface area contributed by atoms with Crippen LogP contribution < -0.4 is 20.7 Å². The molecule has 4 aromatic rings. The molecule has 0 N–H and O–H groups in total. The van der Waals surface area contributed by atoms with Crippen molar-refractivity contribution in [3.05, 3.63) is 103 Å². The summed E-state index contributed by atoms with van der Waals surface area (Å²) in [5.74, 6) is 0.812. The van der Waals surface area contributed by atoms with Crippen LogP contribution in [0.5, 0.6) is 11.5 Å². The highest BCUT2D eigenvalue weighted by Crippen LogP contribution is 2.30. The van der Waals surface area contributed by atoms with Gasteiger partial charge in [-0.25, -0.2) is 4.79 Å². The molecule has 1 aliphatic rings. The first-order valence-electron chi connectivity index (χ1n) is 12.9. The summed E-state index contributed by atoms with van der Waals surface area (Å²) >= 11 is 6.20. The van der Waals surface area contributed by atoms with E-state index in [1.807, 2.05) is 17.0 Å². The summed E-state index contributed by atoms with van der Waals surface area (Å²) in [6.45, 7) is 1.80. The van der Waals surface area contributed by atoms with E-state index in [2.05, 4.69) is 0 Å². The highest BCUT2D eigenvalue weighted by molar-refractivity contribution is 6.30. The number of ether oxygens (including phenoxy) is 2. The molecule has 2 heterocycles. The van der Waals surface area contributed by atoms with E-state index in [0.29, 0.717) is 33.0 Å². The predicted octanol–water partition coefficient (Wildman–Crippen LogP) is 4.56. The first-order chi connectivity index (χ1) is 18.9. The minimum atomic E-state index is -0.465. The minimum Gasteiger partial charge on any atom is -0.493 e. The number of amides is 1. The third kappa shape index (κ3) is 5.43. The fraction of sp³-hybridized carbons (Fsp3) is 0.300. The molecule has 1 aliphatic heterocycles. The number of carbonyl (C=O) groups is 1. The Morgan fingerprint density at radius 1 is 0.821 bits per heavy atom. The third-order valence-corrected chi connectivity index (χ3v) is 7.38. The molecule has 202 valence electrons. The largest absolute Gasteiger partial charge is 0.493 e. The van der Waals surface area contributed by atoms with E-state index in [1.54, 1.807) is 53.1 Å². The molecule has 3 aromatic carbocycles. The maximum atomic E-state index is 13.8. The molecule has 9 heteroatoms. The smallest absolute Gasteiger partial charge is 0.332 e. The van der Waals surface area contributed by atoms with Crippen LogP contribution in [-0.2, 0) is 13.1 Å². The minimum absolute atomic E-state index is 0.00837. The number of benzene rings is 3. The maximum absolute atomic E-state index is 13.8. The van der Waals surface area contributed by atoms with Gasteiger partial charge in [0.05, 0.1) is 38.2 Å². The van der Waals surface area contributed by atoms with Gasteiger partial charge in [-0.05, 0) is 60.7 Å². The monoisotopic (exact) mass is 547 g/mol. The van der Waals surface area contributed by atoms with Gasteiger partial charge in [-0.2, -0.15) is 0 Å². The Balaban J connectivity index is 1.57. The molecule has 0 unspecified atom stereocenters. The zero-order valence-corrected chi connectivity index (χ0v) is 22.7. The molecule has 0 bridgehead atoms. The van der Waals surface area contributed by atoms with Gasteiger partial charge in [0, 0.05) is 29.7 Å². The van der Waals surface area contributed by atoms with Gasteiger partial charge in [-0.3, -0.25) is 18.7 Å². The Bertz CT molecular complexity index is 1640. The lowest BCUT2D eigenvalue weighted by molar-refractivity contribution is 0.0724. The van der Waals surface area contributed by atoms with Crippen LogP contribution >= 0.6 is 11.6 Å². The normalized spacial score (nSPS) is 13.5. The molecule has 1 amide bonds. The number of likely N-dealkylation sites (tertiary alicyclic amines) is 1. The van der Waals surface area contributed by atoms with Gasteiger partial charge < -0.3 is 14.4 Å². The lowest BCUT2D eigenvalue weighted by atomic mass is 10.1. The molecule has 0 radical (unpaired) electrons. The van der Waals surface area contributed by atoms with Crippen molar-refractivity contribution in [3.8, 4) is 11.5 Å². The van der Waals surface area contributed by atoms with Gasteiger partial charge in [0.1, 0.15) is 0 Å². The van der Waals surface area contributed by atoms with Crippen molar-refractivity contribution in [1.29, 1.82) is 0 Å². The number of carbonyl (C=O) groups excluding carboxylic acids is 1. The average molecular weight is 548 g/mol. The van der Waals surface area contributed by atoms with E-state index in [0.717, 1.165) is 43.5 Å². The van der Waals surface area contributed by atoms with Crippen molar-refractivity contribution in [2.45, 2.75) is 32.4 Å². The summed E-state index contributed by atoms with van der Waals surface area (Å²) in [6.07, 6.45) is 3.19. The molecule has 39 heavy (non-hydrogen) atoms. The molecule has 1 saturated heterocycles. The molecule has 1 fully saturated rings. The van der Waals surface area contributed by atoms with Crippen LogP contribution in [0.2, 0.25) is 5.02 Å². The number of hydrogen-bond acceptors (Lipinski definition) is 5. The molecule has 8 nitrogen and oxygen atoms in total. The van der Waals surface area contributed by atoms with E-state index >= 15 is 0 Å². The fourth-order valence-corrected chi connectivity index (χ4v) is 5.28. The predicted molar refractivity (Wildman–Crippen MR) is 151 cm³/mol. The molecule has 1 aromatic heterocycles. The molecule has 0 aliphatic carbocycles. The topological polar surface area (TPSA) is 82.8 Å². The number of rotatable bonds is 7. The van der Waals surface area contributed by atoms with E-state index in [4.69, 9.17) is 21.1 Å². The number of nitrogens with zero attached hydrogens (tertiary/aromatic N) is 3. The Kier molecular flexibility index (Phi) is 7.74. The lowest BCUT2D eigenvalue weighted by Gasteiger charge is -2.26. The first-order valence-corrected chi connectivity index (χ1v) is 13.3. The number of methoxy groups -OCH3 is 2. The maximum Gasteiger partial charge on any atom is 0.332 e. The van der Waals surface area contributed by atoms with Crippen LogP contribution in [0.3, 0.4) is 0 Å². The molecular formula is C30H30ClN3O5. The number of hydrogen-bond donors (Lipinski definition) is 0. The molecular weight excluding hydrogens is 518 g/mol. The number of halogens is 1. The summed E-state index contributed by atoms with van der Waals surface area (Å²) in [6, 6.07) is 17.6. The Hall–Kier alpha value is -4.04. The van der Waals surface area contributed by atoms with Gasteiger partial charge >= 0.3 is 5.69 Å². The van der Waals surface area contributed by atoms with Crippen molar-refractivity contribution in [1.82, 2.24) is 14.0 Å². The van der Waals surface area contributed by atoms with Crippen molar-refractivity contribution < 1.29 is 14.3 Å². The van der Waals surface area contributed by atoms with Crippen molar-refractivity contribution >= 4 is 28.4 Å². The molecule has 0 saturated carbocycles. The van der Waals surface area contributed by atoms with E-state index < -0.39 is 11.2 Å². The van der Waals surface area contributed by atoms with Crippen LogP contribution in [-0.4, -0.2) is 47.3 Å². The van der Waals surface area contributed by atoms with Crippen LogP contribution in [0.4, 0.5) is 0 Å². The Labute approximate surface area is 231 Å². The molecule has 0 atom stereocenters. The van der Waals surface area contributed by atoms with Gasteiger partial charge in [-0.1, -0.05) is 35.9 Å². The molecule has 5 rings (SSSR count). The third-order valence-electron chi connectivity index (χ3n) is 7.14. The summed E-state index contributed by atoms with van der Waals surface area (Å²) in [7, 11) is 3.00. The standard InChI is InChI=1S/C30H30ClN3O5/c1-38-26-16-24-25(17-27(26)39-2)33(19-21-7-6-8-23(31)15-21)30(37)34(29(24)36)18-20-9-11-22(12-10-20)28(35)32-13-4-3-5-14-32/h6-12,15-17H,3-5,13-14,18-19H2,1-2H3. The molecule has 0 spiro atoms. The SMILES string of the molecule is COc1cc2c(=O)n(Cc3ccc(C(=O)N4CCCCC4)cc3)c(=O)n(Cc3cccc(Cl)c3)c2cc1OC. The summed E-state index contributed by atoms with van der Waals surface area (Å²) in [4.78, 5) is 42.2.